The topological polar surface area (TPSA) is 81.4 Å². The molecule has 0 unspecified atom stereocenters. The molecule has 0 radical (unpaired) electrons. The number of rotatable bonds is 5. The van der Waals surface area contributed by atoms with Crippen LogP contribution in [0.2, 0.25) is 0 Å². The highest BCUT2D eigenvalue weighted by molar-refractivity contribution is 7.18. The number of thiophene rings is 1. The summed E-state index contributed by atoms with van der Waals surface area (Å²) in [5.74, 6) is -0.380. The molecular weight excluding hydrogens is 352 g/mol. The largest absolute Gasteiger partial charge is 0.462 e. The van der Waals surface area contributed by atoms with Crippen LogP contribution in [0.1, 0.15) is 38.4 Å². The van der Waals surface area contributed by atoms with Gasteiger partial charge in [-0.05, 0) is 32.4 Å². The Morgan fingerprint density at radius 3 is 2.54 bits per heavy atom. The van der Waals surface area contributed by atoms with Crippen molar-refractivity contribution in [3.05, 3.63) is 58.3 Å². The first-order valence-corrected chi connectivity index (χ1v) is 8.92. The van der Waals surface area contributed by atoms with Crippen LogP contribution < -0.4 is 5.32 Å². The average Bonchev–Trinajstić information content (AvgIpc) is 3.22. The maximum absolute atomic E-state index is 12.4. The van der Waals surface area contributed by atoms with Crippen molar-refractivity contribution in [2.75, 3.05) is 11.9 Å². The summed E-state index contributed by atoms with van der Waals surface area (Å²) in [7, 11) is 0. The molecule has 0 aliphatic carbocycles. The smallest absolute Gasteiger partial charge is 0.350 e. The second-order valence-corrected chi connectivity index (χ2v) is 6.77. The molecule has 0 spiro atoms. The van der Waals surface area contributed by atoms with Crippen molar-refractivity contribution >= 4 is 28.9 Å². The van der Waals surface area contributed by atoms with Gasteiger partial charge in [0.05, 0.1) is 12.3 Å². The van der Waals surface area contributed by atoms with Gasteiger partial charge in [-0.3, -0.25) is 4.79 Å². The SMILES string of the molecule is CCOC(=O)c1sc(-c2ccc(C)cc2)cc1NC(=O)c1cc(C)on1. The van der Waals surface area contributed by atoms with Gasteiger partial charge in [-0.15, -0.1) is 11.3 Å². The van der Waals surface area contributed by atoms with Crippen molar-refractivity contribution in [2.45, 2.75) is 20.8 Å². The van der Waals surface area contributed by atoms with Crippen LogP contribution >= 0.6 is 11.3 Å². The minimum Gasteiger partial charge on any atom is -0.462 e. The van der Waals surface area contributed by atoms with E-state index in [0.717, 1.165) is 16.0 Å². The van der Waals surface area contributed by atoms with E-state index in [-0.39, 0.29) is 12.3 Å². The fourth-order valence-corrected chi connectivity index (χ4v) is 3.36. The summed E-state index contributed by atoms with van der Waals surface area (Å²) < 4.78 is 10.0. The summed E-state index contributed by atoms with van der Waals surface area (Å²) in [5.41, 5.74) is 2.66. The van der Waals surface area contributed by atoms with Crippen LogP contribution in [0, 0.1) is 13.8 Å². The van der Waals surface area contributed by atoms with E-state index in [0.29, 0.717) is 16.3 Å². The molecule has 1 amide bonds. The zero-order valence-electron chi connectivity index (χ0n) is 14.7. The standard InChI is InChI=1S/C19H18N2O4S/c1-4-24-19(23)17-14(20-18(22)15-9-12(3)25-21-15)10-16(26-17)13-7-5-11(2)6-8-13/h5-10H,4H2,1-3H3,(H,20,22). The van der Waals surface area contributed by atoms with Gasteiger partial charge in [0.15, 0.2) is 5.69 Å². The maximum Gasteiger partial charge on any atom is 0.350 e. The molecular formula is C19H18N2O4S. The summed E-state index contributed by atoms with van der Waals surface area (Å²) in [5, 5.41) is 6.43. The molecule has 26 heavy (non-hydrogen) atoms. The number of amides is 1. The maximum atomic E-state index is 12.4. The lowest BCUT2D eigenvalue weighted by Gasteiger charge is -2.04. The van der Waals surface area contributed by atoms with E-state index in [1.54, 1.807) is 19.9 Å². The number of aryl methyl sites for hydroxylation is 2. The van der Waals surface area contributed by atoms with Gasteiger partial charge >= 0.3 is 5.97 Å². The first-order valence-electron chi connectivity index (χ1n) is 8.10. The van der Waals surface area contributed by atoms with Gasteiger partial charge < -0.3 is 14.6 Å². The highest BCUT2D eigenvalue weighted by Crippen LogP contribution is 2.35. The van der Waals surface area contributed by atoms with E-state index < -0.39 is 11.9 Å². The fourth-order valence-electron chi connectivity index (χ4n) is 2.35. The Hall–Kier alpha value is -2.93. The van der Waals surface area contributed by atoms with Crippen LogP contribution in [-0.4, -0.2) is 23.6 Å². The first kappa shape index (κ1) is 17.9. The molecule has 3 rings (SSSR count). The average molecular weight is 370 g/mol. The zero-order chi connectivity index (χ0) is 18.7. The molecule has 0 aliphatic heterocycles. The van der Waals surface area contributed by atoms with Crippen molar-refractivity contribution in [1.82, 2.24) is 5.16 Å². The highest BCUT2D eigenvalue weighted by atomic mass is 32.1. The number of nitrogens with one attached hydrogen (secondary N) is 1. The third-order valence-electron chi connectivity index (χ3n) is 3.64. The lowest BCUT2D eigenvalue weighted by Crippen LogP contribution is -2.14. The van der Waals surface area contributed by atoms with Crippen LogP contribution in [0.25, 0.3) is 10.4 Å². The first-order chi connectivity index (χ1) is 12.5. The molecule has 0 bridgehead atoms. The molecule has 2 heterocycles. The van der Waals surface area contributed by atoms with Crippen molar-refractivity contribution in [1.29, 1.82) is 0 Å². The van der Waals surface area contributed by atoms with Gasteiger partial charge in [0.1, 0.15) is 10.6 Å². The van der Waals surface area contributed by atoms with Crippen LogP contribution in [0.4, 0.5) is 5.69 Å². The molecule has 0 saturated heterocycles. The molecule has 0 aliphatic rings. The van der Waals surface area contributed by atoms with E-state index in [1.807, 2.05) is 31.2 Å². The predicted molar refractivity (Wildman–Crippen MR) is 99.6 cm³/mol. The number of hydrogen-bond donors (Lipinski definition) is 1. The summed E-state index contributed by atoms with van der Waals surface area (Å²) in [6.07, 6.45) is 0. The number of aromatic nitrogens is 1. The van der Waals surface area contributed by atoms with Gasteiger partial charge in [0, 0.05) is 10.9 Å². The van der Waals surface area contributed by atoms with Gasteiger partial charge in [-0.2, -0.15) is 0 Å². The summed E-state index contributed by atoms with van der Waals surface area (Å²) in [4.78, 5) is 25.9. The van der Waals surface area contributed by atoms with Crippen LogP contribution in [0.3, 0.4) is 0 Å². The normalized spacial score (nSPS) is 10.6. The Morgan fingerprint density at radius 1 is 1.19 bits per heavy atom. The van der Waals surface area contributed by atoms with E-state index >= 15 is 0 Å². The van der Waals surface area contributed by atoms with Gasteiger partial charge in [0.25, 0.3) is 5.91 Å². The van der Waals surface area contributed by atoms with Crippen LogP contribution in [-0.2, 0) is 4.74 Å². The third-order valence-corrected chi connectivity index (χ3v) is 4.80. The van der Waals surface area contributed by atoms with E-state index in [2.05, 4.69) is 10.5 Å². The number of esters is 1. The van der Waals surface area contributed by atoms with E-state index in [9.17, 15) is 9.59 Å². The minimum absolute atomic E-state index is 0.153. The molecule has 3 aromatic rings. The molecule has 0 atom stereocenters. The number of carbonyl (C=O) groups is 2. The molecule has 1 N–H and O–H groups in total. The number of ether oxygens (including phenoxy) is 1. The number of nitrogens with zero attached hydrogens (tertiary/aromatic N) is 1. The van der Waals surface area contributed by atoms with Gasteiger partial charge in [0.2, 0.25) is 0 Å². The van der Waals surface area contributed by atoms with Gasteiger partial charge in [-0.1, -0.05) is 35.0 Å². The molecule has 0 saturated carbocycles. The Morgan fingerprint density at radius 2 is 1.92 bits per heavy atom. The van der Waals surface area contributed by atoms with Crippen molar-refractivity contribution in [2.24, 2.45) is 0 Å². The summed E-state index contributed by atoms with van der Waals surface area (Å²) in [6.45, 7) is 5.71. The zero-order valence-corrected chi connectivity index (χ0v) is 15.5. The van der Waals surface area contributed by atoms with E-state index in [1.165, 1.54) is 17.4 Å². The van der Waals surface area contributed by atoms with Crippen molar-refractivity contribution in [3.8, 4) is 10.4 Å². The van der Waals surface area contributed by atoms with Crippen molar-refractivity contribution < 1.29 is 18.8 Å². The molecule has 2 aromatic heterocycles. The predicted octanol–water partition coefficient (Wildman–Crippen LogP) is 4.45. The number of carbonyl (C=O) groups excluding carboxylic acids is 2. The lowest BCUT2D eigenvalue weighted by atomic mass is 10.1. The summed E-state index contributed by atoms with van der Waals surface area (Å²) >= 11 is 1.28. The Labute approximate surface area is 154 Å². The molecule has 6 nitrogen and oxygen atoms in total. The highest BCUT2D eigenvalue weighted by Gasteiger charge is 2.21. The Bertz CT molecular complexity index is 941. The second kappa shape index (κ2) is 7.53. The Balaban J connectivity index is 1.94. The fraction of sp³-hybridized carbons (Fsp3) is 0.211. The number of anilines is 1. The molecule has 134 valence electrons. The number of hydrogen-bond acceptors (Lipinski definition) is 6. The second-order valence-electron chi connectivity index (χ2n) is 5.72. The molecule has 7 heteroatoms. The summed E-state index contributed by atoms with van der Waals surface area (Å²) in [6, 6.07) is 11.2. The monoisotopic (exact) mass is 370 g/mol. The van der Waals surface area contributed by atoms with Crippen LogP contribution in [0.5, 0.6) is 0 Å². The van der Waals surface area contributed by atoms with Crippen molar-refractivity contribution in [3.63, 3.8) is 0 Å². The Kier molecular flexibility index (Phi) is 5.18. The van der Waals surface area contributed by atoms with Gasteiger partial charge in [-0.25, -0.2) is 4.79 Å². The molecule has 0 fully saturated rings. The van der Waals surface area contributed by atoms with Crippen LogP contribution in [0.15, 0.2) is 40.9 Å². The molecule has 1 aromatic carbocycles. The quantitative estimate of drug-likeness (QED) is 0.671. The lowest BCUT2D eigenvalue weighted by molar-refractivity contribution is 0.0533. The minimum atomic E-state index is -0.470. The van der Waals surface area contributed by atoms with E-state index in [4.69, 9.17) is 9.26 Å². The number of benzene rings is 1. The third kappa shape index (κ3) is 3.83.